The van der Waals surface area contributed by atoms with Crippen LogP contribution in [0.4, 0.5) is 25.4 Å². The molecule has 2 aromatic heterocycles. The van der Waals surface area contributed by atoms with Gasteiger partial charge in [0.25, 0.3) is 0 Å². The fourth-order valence-corrected chi connectivity index (χ4v) is 2.96. The number of halogens is 1. The Labute approximate surface area is 171 Å². The third kappa shape index (κ3) is 4.17. The molecule has 4 rings (SSSR count). The van der Waals surface area contributed by atoms with E-state index in [1.54, 1.807) is 31.0 Å². The summed E-state index contributed by atoms with van der Waals surface area (Å²) in [6.45, 7) is 4.94. The van der Waals surface area contributed by atoms with Crippen LogP contribution in [0.15, 0.2) is 36.7 Å². The number of carbonyl (C=O) groups is 2. The first kappa shape index (κ1) is 19.6. The van der Waals surface area contributed by atoms with E-state index < -0.39 is 11.9 Å². The van der Waals surface area contributed by atoms with Gasteiger partial charge in [-0.05, 0) is 44.5 Å². The van der Waals surface area contributed by atoms with E-state index in [4.69, 9.17) is 4.74 Å². The van der Waals surface area contributed by atoms with Crippen molar-refractivity contribution in [3.63, 3.8) is 0 Å². The molecule has 1 fully saturated rings. The molecule has 0 saturated carbocycles. The second kappa shape index (κ2) is 7.97. The van der Waals surface area contributed by atoms with E-state index in [1.165, 1.54) is 29.1 Å². The average molecular weight is 412 g/mol. The van der Waals surface area contributed by atoms with Crippen LogP contribution in [0.1, 0.15) is 20.3 Å². The predicted molar refractivity (Wildman–Crippen MR) is 109 cm³/mol. The molecule has 9 nitrogen and oxygen atoms in total. The zero-order valence-corrected chi connectivity index (χ0v) is 16.6. The molecule has 30 heavy (non-hydrogen) atoms. The topological polar surface area (TPSA) is 101 Å². The zero-order chi connectivity index (χ0) is 21.3. The van der Waals surface area contributed by atoms with E-state index in [1.807, 2.05) is 0 Å². The number of nitrogens with one attached hydrogen (secondary N) is 2. The molecule has 0 bridgehead atoms. The first-order valence-corrected chi connectivity index (χ1v) is 9.58. The van der Waals surface area contributed by atoms with Crippen LogP contribution in [0.3, 0.4) is 0 Å². The smallest absolute Gasteiger partial charge is 0.411 e. The van der Waals surface area contributed by atoms with Crippen molar-refractivity contribution in [3.8, 4) is 5.69 Å². The Hall–Kier alpha value is -3.69. The normalized spacial score (nSPS) is 13.3. The third-order valence-electron chi connectivity index (χ3n) is 4.54. The second-order valence-corrected chi connectivity index (χ2v) is 7.23. The standard InChI is InChI=1S/C20H21FN6O3/c1-12(2)30-20(29)24-15-8-13-11-27(25-18(13)22-10-15)17-9-14(4-5-16(17)21)23-19(28)26-6-3-7-26/h4-5,8-12H,3,6-7H2,1-2H3,(H,23,28)(H,24,29). The summed E-state index contributed by atoms with van der Waals surface area (Å²) in [4.78, 5) is 29.7. The molecule has 3 aromatic rings. The van der Waals surface area contributed by atoms with Crippen molar-refractivity contribution in [1.82, 2.24) is 19.7 Å². The van der Waals surface area contributed by atoms with Gasteiger partial charge in [0, 0.05) is 30.4 Å². The summed E-state index contributed by atoms with van der Waals surface area (Å²) in [5.74, 6) is -0.497. The summed E-state index contributed by atoms with van der Waals surface area (Å²) in [6.07, 6.45) is 3.19. The van der Waals surface area contributed by atoms with Crippen LogP contribution >= 0.6 is 0 Å². The van der Waals surface area contributed by atoms with Crippen molar-refractivity contribution in [1.29, 1.82) is 0 Å². The highest BCUT2D eigenvalue weighted by Crippen LogP contribution is 2.23. The number of anilines is 2. The van der Waals surface area contributed by atoms with Gasteiger partial charge in [0.05, 0.1) is 18.0 Å². The number of urea groups is 1. The van der Waals surface area contributed by atoms with E-state index >= 15 is 0 Å². The molecule has 10 heteroatoms. The molecule has 3 amide bonds. The number of benzene rings is 1. The Bertz CT molecular complexity index is 1110. The molecular weight excluding hydrogens is 391 g/mol. The van der Waals surface area contributed by atoms with Crippen LogP contribution < -0.4 is 10.6 Å². The maximum absolute atomic E-state index is 14.5. The van der Waals surface area contributed by atoms with E-state index in [0.29, 0.717) is 22.4 Å². The van der Waals surface area contributed by atoms with Crippen LogP contribution in [0.2, 0.25) is 0 Å². The zero-order valence-electron chi connectivity index (χ0n) is 16.6. The molecule has 0 unspecified atom stereocenters. The van der Waals surface area contributed by atoms with Gasteiger partial charge in [-0.15, -0.1) is 5.10 Å². The number of pyridine rings is 1. The minimum atomic E-state index is -0.588. The molecule has 1 saturated heterocycles. The Morgan fingerprint density at radius 1 is 1.17 bits per heavy atom. The molecule has 2 N–H and O–H groups in total. The van der Waals surface area contributed by atoms with E-state index in [2.05, 4.69) is 20.7 Å². The predicted octanol–water partition coefficient (Wildman–Crippen LogP) is 3.75. The molecule has 1 aliphatic rings. The highest BCUT2D eigenvalue weighted by molar-refractivity contribution is 5.90. The first-order valence-electron chi connectivity index (χ1n) is 9.58. The van der Waals surface area contributed by atoms with Crippen molar-refractivity contribution in [3.05, 3.63) is 42.5 Å². The fraction of sp³-hybridized carbons (Fsp3) is 0.300. The molecule has 0 radical (unpaired) electrons. The SMILES string of the molecule is CC(C)OC(=O)Nc1cnc2nn(-c3cc(NC(=O)N4CCC4)ccc3F)cc2c1. The van der Waals surface area contributed by atoms with Crippen molar-refractivity contribution >= 4 is 34.5 Å². The summed E-state index contributed by atoms with van der Waals surface area (Å²) >= 11 is 0. The molecule has 0 spiro atoms. The largest absolute Gasteiger partial charge is 0.447 e. The minimum Gasteiger partial charge on any atom is -0.447 e. The number of nitrogens with zero attached hydrogens (tertiary/aromatic N) is 4. The molecule has 0 aliphatic carbocycles. The summed E-state index contributed by atoms with van der Waals surface area (Å²) in [5.41, 5.74) is 1.45. The molecule has 1 aliphatic heterocycles. The van der Waals surface area contributed by atoms with Gasteiger partial charge < -0.3 is 15.0 Å². The number of fused-ring (bicyclic) bond motifs is 1. The number of rotatable bonds is 4. The van der Waals surface area contributed by atoms with Crippen LogP contribution in [0.5, 0.6) is 0 Å². The lowest BCUT2D eigenvalue weighted by Gasteiger charge is -2.30. The monoisotopic (exact) mass is 412 g/mol. The maximum atomic E-state index is 14.5. The van der Waals surface area contributed by atoms with Crippen LogP contribution in [0.25, 0.3) is 16.7 Å². The van der Waals surface area contributed by atoms with E-state index in [0.717, 1.165) is 19.5 Å². The van der Waals surface area contributed by atoms with Gasteiger partial charge in [-0.3, -0.25) is 5.32 Å². The molecule has 1 aromatic carbocycles. The van der Waals surface area contributed by atoms with Crippen LogP contribution in [-0.2, 0) is 4.74 Å². The first-order chi connectivity index (χ1) is 14.4. The number of aromatic nitrogens is 3. The minimum absolute atomic E-state index is 0.170. The molecule has 0 atom stereocenters. The quantitative estimate of drug-likeness (QED) is 0.680. The van der Waals surface area contributed by atoms with Crippen molar-refractivity contribution in [2.45, 2.75) is 26.4 Å². The number of carbonyl (C=O) groups excluding carboxylic acids is 2. The van der Waals surface area contributed by atoms with Gasteiger partial charge in [-0.25, -0.2) is 23.6 Å². The summed E-state index contributed by atoms with van der Waals surface area (Å²) in [7, 11) is 0. The van der Waals surface area contributed by atoms with Gasteiger partial charge in [-0.1, -0.05) is 0 Å². The average Bonchev–Trinajstić information content (AvgIpc) is 3.04. The van der Waals surface area contributed by atoms with E-state index in [9.17, 15) is 14.0 Å². The van der Waals surface area contributed by atoms with Crippen molar-refractivity contribution in [2.24, 2.45) is 0 Å². The lowest BCUT2D eigenvalue weighted by Crippen LogP contribution is -2.44. The highest BCUT2D eigenvalue weighted by Gasteiger charge is 2.20. The number of hydrogen-bond acceptors (Lipinski definition) is 5. The van der Waals surface area contributed by atoms with Gasteiger partial charge >= 0.3 is 12.1 Å². The van der Waals surface area contributed by atoms with Gasteiger partial charge in [0.1, 0.15) is 11.5 Å². The Morgan fingerprint density at radius 2 is 1.97 bits per heavy atom. The van der Waals surface area contributed by atoms with Crippen LogP contribution in [0, 0.1) is 5.82 Å². The Morgan fingerprint density at radius 3 is 2.67 bits per heavy atom. The molecule has 156 valence electrons. The highest BCUT2D eigenvalue weighted by atomic mass is 19.1. The van der Waals surface area contributed by atoms with Crippen LogP contribution in [-0.4, -0.2) is 51.0 Å². The van der Waals surface area contributed by atoms with E-state index in [-0.39, 0.29) is 17.8 Å². The number of amides is 3. The number of hydrogen-bond donors (Lipinski definition) is 2. The summed E-state index contributed by atoms with van der Waals surface area (Å²) < 4.78 is 20.8. The molecule has 3 heterocycles. The Balaban J connectivity index is 1.57. The van der Waals surface area contributed by atoms with Gasteiger partial charge in [-0.2, -0.15) is 0 Å². The van der Waals surface area contributed by atoms with Gasteiger partial charge in [0.2, 0.25) is 0 Å². The summed E-state index contributed by atoms with van der Waals surface area (Å²) in [6, 6.07) is 5.74. The van der Waals surface area contributed by atoms with Gasteiger partial charge in [0.15, 0.2) is 5.65 Å². The second-order valence-electron chi connectivity index (χ2n) is 7.23. The van der Waals surface area contributed by atoms with Crippen molar-refractivity contribution < 1.29 is 18.7 Å². The van der Waals surface area contributed by atoms with Crippen molar-refractivity contribution in [2.75, 3.05) is 23.7 Å². The number of ether oxygens (including phenoxy) is 1. The Kier molecular flexibility index (Phi) is 5.21. The summed E-state index contributed by atoms with van der Waals surface area (Å²) in [5, 5.41) is 10.3. The third-order valence-corrected chi connectivity index (χ3v) is 4.54. The lowest BCUT2D eigenvalue weighted by atomic mass is 10.2. The molecular formula is C20H21FN6O3. The maximum Gasteiger partial charge on any atom is 0.411 e. The fourth-order valence-electron chi connectivity index (χ4n) is 2.96. The number of likely N-dealkylation sites (tertiary alicyclic amines) is 1. The lowest BCUT2D eigenvalue weighted by molar-refractivity contribution is 0.130.